The highest BCUT2D eigenvalue weighted by Crippen LogP contribution is 2.12. The fourth-order valence-corrected chi connectivity index (χ4v) is 1.47. The molecule has 0 aliphatic carbocycles. The van der Waals surface area contributed by atoms with Crippen LogP contribution in [0.2, 0.25) is 0 Å². The van der Waals surface area contributed by atoms with Crippen LogP contribution in [0.15, 0.2) is 0 Å². The molecule has 3 N–H and O–H groups in total. The molecule has 0 radical (unpaired) electrons. The van der Waals surface area contributed by atoms with Crippen molar-refractivity contribution in [2.75, 3.05) is 26.3 Å². The third kappa shape index (κ3) is 4.04. The number of hydrogen-bond donors (Lipinski definition) is 2. The van der Waals surface area contributed by atoms with Gasteiger partial charge in [-0.3, -0.25) is 0 Å². The van der Waals surface area contributed by atoms with Crippen LogP contribution in [0.1, 0.15) is 19.8 Å². The summed E-state index contributed by atoms with van der Waals surface area (Å²) in [7, 11) is 0. The fourth-order valence-electron chi connectivity index (χ4n) is 1.47. The zero-order valence-corrected chi connectivity index (χ0v) is 7.88. The van der Waals surface area contributed by atoms with Crippen LogP contribution in [0.25, 0.3) is 0 Å². The third-order valence-electron chi connectivity index (χ3n) is 2.24. The summed E-state index contributed by atoms with van der Waals surface area (Å²) in [6, 6.07) is 0.268. The first-order valence-electron chi connectivity index (χ1n) is 4.83. The van der Waals surface area contributed by atoms with Crippen molar-refractivity contribution in [1.82, 2.24) is 5.32 Å². The minimum Gasteiger partial charge on any atom is -0.381 e. The Balaban J connectivity index is 1.98. The molecule has 1 rings (SSSR count). The predicted molar refractivity (Wildman–Crippen MR) is 50.1 cm³/mol. The van der Waals surface area contributed by atoms with E-state index in [1.165, 1.54) is 12.8 Å². The largest absolute Gasteiger partial charge is 0.381 e. The number of ether oxygens (including phenoxy) is 1. The first kappa shape index (κ1) is 9.96. The van der Waals surface area contributed by atoms with Crippen LogP contribution in [-0.4, -0.2) is 32.3 Å². The third-order valence-corrected chi connectivity index (χ3v) is 2.24. The van der Waals surface area contributed by atoms with E-state index in [0.717, 1.165) is 32.2 Å². The second kappa shape index (κ2) is 5.51. The van der Waals surface area contributed by atoms with E-state index in [-0.39, 0.29) is 6.04 Å². The smallest absolute Gasteiger partial charge is 0.0469 e. The van der Waals surface area contributed by atoms with E-state index >= 15 is 0 Å². The second-order valence-electron chi connectivity index (χ2n) is 3.69. The summed E-state index contributed by atoms with van der Waals surface area (Å²) < 4.78 is 5.27. The molecule has 3 nitrogen and oxygen atoms in total. The molecule has 3 heteroatoms. The molecule has 1 aliphatic rings. The highest BCUT2D eigenvalue weighted by Gasteiger charge is 2.12. The highest BCUT2D eigenvalue weighted by atomic mass is 16.5. The van der Waals surface area contributed by atoms with Crippen molar-refractivity contribution in [3.05, 3.63) is 0 Å². The zero-order valence-electron chi connectivity index (χ0n) is 7.88. The summed E-state index contributed by atoms with van der Waals surface area (Å²) >= 11 is 0. The fraction of sp³-hybridized carbons (Fsp3) is 1.00. The van der Waals surface area contributed by atoms with Gasteiger partial charge in [0, 0.05) is 25.8 Å². The van der Waals surface area contributed by atoms with E-state index in [0.29, 0.717) is 0 Å². The minimum absolute atomic E-state index is 0.268. The quantitative estimate of drug-likeness (QED) is 0.643. The van der Waals surface area contributed by atoms with E-state index in [2.05, 4.69) is 5.32 Å². The van der Waals surface area contributed by atoms with Gasteiger partial charge in [-0.2, -0.15) is 0 Å². The molecule has 72 valence electrons. The van der Waals surface area contributed by atoms with Gasteiger partial charge in [-0.15, -0.1) is 0 Å². The van der Waals surface area contributed by atoms with E-state index in [1.54, 1.807) is 0 Å². The van der Waals surface area contributed by atoms with Crippen molar-refractivity contribution in [2.24, 2.45) is 11.7 Å². The number of nitrogens with one attached hydrogen (secondary N) is 1. The summed E-state index contributed by atoms with van der Waals surface area (Å²) in [5.74, 6) is 0.803. The van der Waals surface area contributed by atoms with Gasteiger partial charge in [0.1, 0.15) is 0 Å². The summed E-state index contributed by atoms with van der Waals surface area (Å²) in [5, 5.41) is 3.37. The van der Waals surface area contributed by atoms with Crippen LogP contribution < -0.4 is 11.1 Å². The molecule has 1 atom stereocenters. The first-order valence-corrected chi connectivity index (χ1v) is 4.83. The van der Waals surface area contributed by atoms with Crippen LogP contribution in [0, 0.1) is 5.92 Å². The van der Waals surface area contributed by atoms with Gasteiger partial charge < -0.3 is 15.8 Å². The summed E-state index contributed by atoms with van der Waals surface area (Å²) in [6.07, 6.45) is 2.40. The molecule has 0 aromatic heterocycles. The summed E-state index contributed by atoms with van der Waals surface area (Å²) in [5.41, 5.74) is 5.62. The van der Waals surface area contributed by atoms with E-state index in [4.69, 9.17) is 10.5 Å². The van der Waals surface area contributed by atoms with Gasteiger partial charge >= 0.3 is 0 Å². The van der Waals surface area contributed by atoms with Crippen LogP contribution in [0.4, 0.5) is 0 Å². The lowest BCUT2D eigenvalue weighted by molar-refractivity contribution is 0.0663. The molecule has 0 aromatic rings. The second-order valence-corrected chi connectivity index (χ2v) is 3.69. The van der Waals surface area contributed by atoms with Crippen LogP contribution in [0.5, 0.6) is 0 Å². The van der Waals surface area contributed by atoms with Gasteiger partial charge in [0.15, 0.2) is 0 Å². The zero-order chi connectivity index (χ0) is 8.81. The SMILES string of the molecule is CC(N)CNCC1CCOCC1. The van der Waals surface area contributed by atoms with Gasteiger partial charge in [-0.05, 0) is 32.2 Å². The number of rotatable bonds is 4. The van der Waals surface area contributed by atoms with Crippen LogP contribution >= 0.6 is 0 Å². The lowest BCUT2D eigenvalue weighted by atomic mass is 10.0. The van der Waals surface area contributed by atoms with E-state index in [9.17, 15) is 0 Å². The number of nitrogens with two attached hydrogens (primary N) is 1. The van der Waals surface area contributed by atoms with Crippen molar-refractivity contribution >= 4 is 0 Å². The van der Waals surface area contributed by atoms with Crippen molar-refractivity contribution in [3.63, 3.8) is 0 Å². The van der Waals surface area contributed by atoms with Gasteiger partial charge in [0.25, 0.3) is 0 Å². The Kier molecular flexibility index (Phi) is 4.58. The maximum absolute atomic E-state index is 5.62. The van der Waals surface area contributed by atoms with Gasteiger partial charge in [0.05, 0.1) is 0 Å². The normalized spacial score (nSPS) is 22.5. The maximum Gasteiger partial charge on any atom is 0.0469 e. The topological polar surface area (TPSA) is 47.3 Å². The number of hydrogen-bond acceptors (Lipinski definition) is 3. The molecule has 1 heterocycles. The van der Waals surface area contributed by atoms with Gasteiger partial charge in [-0.25, -0.2) is 0 Å². The molecule has 12 heavy (non-hydrogen) atoms. The molecular weight excluding hydrogens is 152 g/mol. The standard InChI is InChI=1S/C9H20N2O/c1-8(10)6-11-7-9-2-4-12-5-3-9/h8-9,11H,2-7,10H2,1H3. The van der Waals surface area contributed by atoms with Gasteiger partial charge in [-0.1, -0.05) is 0 Å². The molecule has 0 amide bonds. The molecule has 0 saturated carbocycles. The molecule has 1 unspecified atom stereocenters. The van der Waals surface area contributed by atoms with Crippen molar-refractivity contribution < 1.29 is 4.74 Å². The maximum atomic E-state index is 5.62. The molecular formula is C9H20N2O. The minimum atomic E-state index is 0.268. The lowest BCUT2D eigenvalue weighted by Crippen LogP contribution is -2.35. The first-order chi connectivity index (χ1) is 5.79. The monoisotopic (exact) mass is 172 g/mol. The Bertz CT molecular complexity index is 111. The van der Waals surface area contributed by atoms with Crippen molar-refractivity contribution in [1.29, 1.82) is 0 Å². The summed E-state index contributed by atoms with van der Waals surface area (Å²) in [6.45, 7) is 5.92. The Labute approximate surface area is 74.7 Å². The molecule has 1 aliphatic heterocycles. The lowest BCUT2D eigenvalue weighted by Gasteiger charge is -2.22. The molecule has 1 fully saturated rings. The van der Waals surface area contributed by atoms with Crippen LogP contribution in [0.3, 0.4) is 0 Å². The van der Waals surface area contributed by atoms with Crippen LogP contribution in [-0.2, 0) is 4.74 Å². The molecule has 0 spiro atoms. The predicted octanol–water partition coefficient (Wildman–Crippen LogP) is 0.350. The van der Waals surface area contributed by atoms with E-state index in [1.807, 2.05) is 6.92 Å². The Morgan fingerprint density at radius 1 is 1.50 bits per heavy atom. The Hall–Kier alpha value is -0.120. The molecule has 0 aromatic carbocycles. The highest BCUT2D eigenvalue weighted by molar-refractivity contribution is 4.67. The van der Waals surface area contributed by atoms with Gasteiger partial charge in [0.2, 0.25) is 0 Å². The van der Waals surface area contributed by atoms with E-state index < -0.39 is 0 Å². The molecule has 0 bridgehead atoms. The average Bonchev–Trinajstić information content (AvgIpc) is 2.05. The van der Waals surface area contributed by atoms with Crippen molar-refractivity contribution in [3.8, 4) is 0 Å². The summed E-state index contributed by atoms with van der Waals surface area (Å²) in [4.78, 5) is 0. The Morgan fingerprint density at radius 3 is 2.75 bits per heavy atom. The van der Waals surface area contributed by atoms with Crippen molar-refractivity contribution in [2.45, 2.75) is 25.8 Å². The Morgan fingerprint density at radius 2 is 2.17 bits per heavy atom. The average molecular weight is 172 g/mol. The molecule has 1 saturated heterocycles.